The molecular formula is C22H22N2O2S. The average molecular weight is 378 g/mol. The van der Waals surface area contributed by atoms with Gasteiger partial charge in [-0.05, 0) is 35.6 Å². The van der Waals surface area contributed by atoms with Crippen LogP contribution < -0.4 is 10.6 Å². The summed E-state index contributed by atoms with van der Waals surface area (Å²) in [5.41, 5.74) is 2.77. The lowest BCUT2D eigenvalue weighted by molar-refractivity contribution is 0.0952. The zero-order valence-electron chi connectivity index (χ0n) is 15.1. The van der Waals surface area contributed by atoms with Crippen LogP contribution >= 0.6 is 11.3 Å². The van der Waals surface area contributed by atoms with Crippen molar-refractivity contribution in [2.45, 2.75) is 19.3 Å². The van der Waals surface area contributed by atoms with E-state index in [0.29, 0.717) is 23.4 Å². The minimum absolute atomic E-state index is 0.189. The molecular weight excluding hydrogens is 356 g/mol. The van der Waals surface area contributed by atoms with Crippen molar-refractivity contribution in [1.82, 2.24) is 5.32 Å². The average Bonchev–Trinajstić information content (AvgIpc) is 3.24. The lowest BCUT2D eigenvalue weighted by Crippen LogP contribution is -2.29. The zero-order valence-corrected chi connectivity index (χ0v) is 16.0. The first-order valence-corrected chi connectivity index (χ1v) is 9.89. The molecule has 1 heterocycles. The molecule has 138 valence electrons. The van der Waals surface area contributed by atoms with E-state index < -0.39 is 0 Å². The largest absolute Gasteiger partial charge is 0.351 e. The molecule has 1 atom stereocenters. The highest BCUT2D eigenvalue weighted by Crippen LogP contribution is 2.20. The van der Waals surface area contributed by atoms with Crippen LogP contribution in [0.1, 0.15) is 45.5 Å². The number of carbonyl (C=O) groups is 2. The molecule has 0 aliphatic heterocycles. The van der Waals surface area contributed by atoms with E-state index in [0.717, 1.165) is 6.42 Å². The minimum Gasteiger partial charge on any atom is -0.351 e. The molecule has 5 heteroatoms. The second-order valence-electron chi connectivity index (χ2n) is 6.24. The highest BCUT2D eigenvalue weighted by Gasteiger charge is 2.16. The molecule has 3 aromatic rings. The van der Waals surface area contributed by atoms with Crippen molar-refractivity contribution in [1.29, 1.82) is 0 Å². The Labute approximate surface area is 163 Å². The molecule has 1 unspecified atom stereocenters. The van der Waals surface area contributed by atoms with Gasteiger partial charge in [-0.15, -0.1) is 0 Å². The van der Waals surface area contributed by atoms with Crippen molar-refractivity contribution in [2.24, 2.45) is 0 Å². The van der Waals surface area contributed by atoms with E-state index >= 15 is 0 Å². The maximum Gasteiger partial charge on any atom is 0.256 e. The Kier molecular flexibility index (Phi) is 6.39. The predicted molar refractivity (Wildman–Crippen MR) is 111 cm³/mol. The van der Waals surface area contributed by atoms with Gasteiger partial charge in [-0.25, -0.2) is 0 Å². The Morgan fingerprint density at radius 1 is 0.963 bits per heavy atom. The zero-order chi connectivity index (χ0) is 19.1. The van der Waals surface area contributed by atoms with Gasteiger partial charge in [0.2, 0.25) is 0 Å². The number of carbonyl (C=O) groups excluding carboxylic acids is 2. The maximum absolute atomic E-state index is 12.7. The molecule has 2 amide bonds. The number of nitrogens with one attached hydrogen (secondary N) is 2. The summed E-state index contributed by atoms with van der Waals surface area (Å²) in [6, 6.07) is 19.0. The summed E-state index contributed by atoms with van der Waals surface area (Å²) in [6.45, 7) is 2.66. The fraction of sp³-hybridized carbons (Fsp3) is 0.182. The Hall–Kier alpha value is -2.92. The summed E-state index contributed by atoms with van der Waals surface area (Å²) in [4.78, 5) is 25.0. The molecule has 0 saturated carbocycles. The molecule has 1 aromatic heterocycles. The van der Waals surface area contributed by atoms with Crippen LogP contribution in [0, 0.1) is 0 Å². The van der Waals surface area contributed by atoms with E-state index in [1.165, 1.54) is 16.9 Å². The van der Waals surface area contributed by atoms with Crippen molar-refractivity contribution in [3.05, 3.63) is 88.1 Å². The second-order valence-corrected chi connectivity index (χ2v) is 7.02. The van der Waals surface area contributed by atoms with Gasteiger partial charge >= 0.3 is 0 Å². The number of benzene rings is 2. The molecule has 2 N–H and O–H groups in total. The Morgan fingerprint density at radius 3 is 2.41 bits per heavy atom. The first-order valence-electron chi connectivity index (χ1n) is 8.94. The third-order valence-electron chi connectivity index (χ3n) is 4.48. The molecule has 4 nitrogen and oxygen atoms in total. The van der Waals surface area contributed by atoms with Crippen LogP contribution in [0.5, 0.6) is 0 Å². The van der Waals surface area contributed by atoms with Crippen molar-refractivity contribution < 1.29 is 9.59 Å². The third-order valence-corrected chi connectivity index (χ3v) is 5.16. The first-order chi connectivity index (χ1) is 13.2. The highest BCUT2D eigenvalue weighted by atomic mass is 32.1. The Morgan fingerprint density at radius 2 is 1.70 bits per heavy atom. The van der Waals surface area contributed by atoms with Gasteiger partial charge in [-0.3, -0.25) is 9.59 Å². The molecule has 0 bridgehead atoms. The maximum atomic E-state index is 12.7. The van der Waals surface area contributed by atoms with Crippen molar-refractivity contribution in [2.75, 3.05) is 11.9 Å². The predicted octanol–water partition coefficient (Wildman–Crippen LogP) is 4.92. The normalized spacial score (nSPS) is 11.6. The van der Waals surface area contributed by atoms with Gasteiger partial charge in [0.25, 0.3) is 11.8 Å². The molecule has 2 aromatic carbocycles. The van der Waals surface area contributed by atoms with Crippen LogP contribution in [-0.2, 0) is 0 Å². The highest BCUT2D eigenvalue weighted by molar-refractivity contribution is 7.08. The molecule has 0 aliphatic rings. The standard InChI is InChI=1S/C22H22N2O2S/c1-2-16(17-8-4-3-5-9-17)14-23-22(26)19-10-6-7-11-20(19)24-21(25)18-12-13-27-15-18/h3-13,15-16H,2,14H2,1H3,(H,23,26)(H,24,25). The number of rotatable bonds is 7. The number of amides is 2. The third kappa shape index (κ3) is 4.83. The van der Waals surface area contributed by atoms with Crippen LogP contribution in [0.3, 0.4) is 0 Å². The molecule has 3 rings (SSSR count). The smallest absolute Gasteiger partial charge is 0.256 e. The fourth-order valence-electron chi connectivity index (χ4n) is 2.91. The van der Waals surface area contributed by atoms with Gasteiger partial charge in [0.15, 0.2) is 0 Å². The van der Waals surface area contributed by atoms with Gasteiger partial charge in [0, 0.05) is 17.8 Å². The lowest BCUT2D eigenvalue weighted by Gasteiger charge is -2.17. The topological polar surface area (TPSA) is 58.2 Å². The van der Waals surface area contributed by atoms with Crippen molar-refractivity contribution in [3.63, 3.8) is 0 Å². The van der Waals surface area contributed by atoms with Gasteiger partial charge < -0.3 is 10.6 Å². The van der Waals surface area contributed by atoms with E-state index in [9.17, 15) is 9.59 Å². The summed E-state index contributed by atoms with van der Waals surface area (Å²) in [5, 5.41) is 9.47. The SMILES string of the molecule is CCC(CNC(=O)c1ccccc1NC(=O)c1ccsc1)c1ccccc1. The van der Waals surface area contributed by atoms with Crippen LogP contribution in [0.2, 0.25) is 0 Å². The number of anilines is 1. The fourth-order valence-corrected chi connectivity index (χ4v) is 3.55. The molecule has 0 fully saturated rings. The number of hydrogen-bond acceptors (Lipinski definition) is 3. The van der Waals surface area contributed by atoms with Crippen molar-refractivity contribution in [3.8, 4) is 0 Å². The number of hydrogen-bond donors (Lipinski definition) is 2. The quantitative estimate of drug-likeness (QED) is 0.613. The van der Waals surface area contributed by atoms with E-state index in [1.807, 2.05) is 23.6 Å². The molecule has 0 saturated heterocycles. The summed E-state index contributed by atoms with van der Waals surface area (Å²) in [5.74, 6) is -0.152. The number of para-hydroxylation sites is 1. The summed E-state index contributed by atoms with van der Waals surface area (Å²) in [7, 11) is 0. The Bertz CT molecular complexity index is 892. The monoisotopic (exact) mass is 378 g/mol. The van der Waals surface area contributed by atoms with Crippen molar-refractivity contribution >= 4 is 28.8 Å². The summed E-state index contributed by atoms with van der Waals surface area (Å²) in [6.07, 6.45) is 0.931. The van der Waals surface area contributed by atoms with E-state index in [2.05, 4.69) is 29.7 Å². The van der Waals surface area contributed by atoms with E-state index in [1.54, 1.807) is 35.7 Å². The van der Waals surface area contributed by atoms with Gasteiger partial charge in [-0.1, -0.05) is 49.4 Å². The van der Waals surface area contributed by atoms with Gasteiger partial charge in [-0.2, -0.15) is 11.3 Å². The summed E-state index contributed by atoms with van der Waals surface area (Å²) >= 11 is 1.46. The molecule has 27 heavy (non-hydrogen) atoms. The minimum atomic E-state index is -0.216. The van der Waals surface area contributed by atoms with Gasteiger partial charge in [0.05, 0.1) is 16.8 Å². The van der Waals surface area contributed by atoms with Crippen LogP contribution in [0.25, 0.3) is 0 Å². The second kappa shape index (κ2) is 9.14. The molecule has 0 spiro atoms. The number of thiophene rings is 1. The molecule has 0 aliphatic carbocycles. The Balaban J connectivity index is 1.69. The first kappa shape index (κ1) is 18.9. The molecule has 0 radical (unpaired) electrons. The van der Waals surface area contributed by atoms with Crippen LogP contribution in [0.4, 0.5) is 5.69 Å². The van der Waals surface area contributed by atoms with E-state index in [4.69, 9.17) is 0 Å². The van der Waals surface area contributed by atoms with E-state index in [-0.39, 0.29) is 17.7 Å². The van der Waals surface area contributed by atoms with Gasteiger partial charge in [0.1, 0.15) is 0 Å². The van der Waals surface area contributed by atoms with Crippen LogP contribution in [0.15, 0.2) is 71.4 Å². The lowest BCUT2D eigenvalue weighted by atomic mass is 9.96. The summed E-state index contributed by atoms with van der Waals surface area (Å²) < 4.78 is 0. The van der Waals surface area contributed by atoms with Crippen LogP contribution in [-0.4, -0.2) is 18.4 Å².